The van der Waals surface area contributed by atoms with E-state index in [9.17, 15) is 43.7 Å². The molecule has 23 heavy (non-hydrogen) atoms. The summed E-state index contributed by atoms with van der Waals surface area (Å²) >= 11 is 0. The van der Waals surface area contributed by atoms with Gasteiger partial charge >= 0.3 is 21.2 Å². The van der Waals surface area contributed by atoms with Crippen LogP contribution in [0.3, 0.4) is 0 Å². The zero-order valence-corrected chi connectivity index (χ0v) is 13.8. The van der Waals surface area contributed by atoms with Crippen LogP contribution < -0.4 is 0 Å². The molecule has 0 aromatic carbocycles. The molecule has 0 aromatic heterocycles. The van der Waals surface area contributed by atoms with E-state index in [1.165, 1.54) is 0 Å². The first-order valence-corrected chi connectivity index (χ1v) is 9.83. The van der Waals surface area contributed by atoms with Gasteiger partial charge in [-0.15, -0.1) is 0 Å². The molecule has 6 N–H and O–H groups in total. The van der Waals surface area contributed by atoms with E-state index in [1.807, 2.05) is 0 Å². The van der Waals surface area contributed by atoms with E-state index in [1.54, 1.807) is 0 Å². The van der Waals surface area contributed by atoms with E-state index >= 15 is 0 Å². The molecule has 1 aliphatic heterocycles. The van der Waals surface area contributed by atoms with E-state index < -0.39 is 49.4 Å². The fraction of sp³-hybridized carbons (Fsp3) is 0.545. The van der Waals surface area contributed by atoms with Crippen molar-refractivity contribution in [3.63, 3.8) is 0 Å². The Kier molecular flexibility index (Phi) is 5.79. The fourth-order valence-electron chi connectivity index (χ4n) is 3.32. The van der Waals surface area contributed by atoms with Crippen LogP contribution in [0.1, 0.15) is 6.42 Å². The van der Waals surface area contributed by atoms with Crippen LogP contribution >= 0.6 is 15.2 Å². The number of carboxylic acid groups (broad SMARTS) is 1. The number of carbonyl (C=O) groups is 1. The van der Waals surface area contributed by atoms with Gasteiger partial charge in [-0.25, -0.2) is 4.79 Å². The molecule has 1 fully saturated rings. The largest absolute Gasteiger partial charge is 0.477 e. The van der Waals surface area contributed by atoms with Gasteiger partial charge < -0.3 is 29.8 Å². The highest BCUT2D eigenvalue weighted by Gasteiger charge is 2.66. The number of aliphatic hydroxyl groups excluding tert-OH is 1. The standard InChI is InChI=1S/C11H19NO9P2/c1-3-8(22(16,17)18)12(9(4-2)23(19,20)21)6-5-7(13)10(12)11(14)15/h3-4,7-10,13H,1-2,5-6H2,(H4-,14,15,16,17,18,19,20,21)/p+1/t7?,8?,9?,10-,12?/m0/s1. The molecular formula is C11H20NO9P2+. The van der Waals surface area contributed by atoms with E-state index in [2.05, 4.69) is 13.2 Å². The highest BCUT2D eigenvalue weighted by molar-refractivity contribution is 7.53. The molecule has 0 radical (unpaired) electrons. The molecule has 1 heterocycles. The first kappa shape index (κ1) is 20.2. The van der Waals surface area contributed by atoms with Crippen LogP contribution in [0.2, 0.25) is 0 Å². The Bertz CT molecular complexity index is 560. The number of nitrogens with zero attached hydrogens (tertiary/aromatic N) is 1. The van der Waals surface area contributed by atoms with E-state index in [-0.39, 0.29) is 13.0 Å². The quantitative estimate of drug-likeness (QED) is 0.194. The lowest BCUT2D eigenvalue weighted by Gasteiger charge is -2.47. The Morgan fingerprint density at radius 1 is 1.09 bits per heavy atom. The number of carboxylic acids is 1. The van der Waals surface area contributed by atoms with Gasteiger partial charge in [-0.1, -0.05) is 13.2 Å². The third kappa shape index (κ3) is 3.50. The summed E-state index contributed by atoms with van der Waals surface area (Å²) in [6, 6.07) is -1.85. The normalized spacial score (nSPS) is 31.3. The second-order valence-electron chi connectivity index (χ2n) is 5.33. The van der Waals surface area contributed by atoms with Crippen molar-refractivity contribution in [2.45, 2.75) is 30.1 Å². The lowest BCUT2D eigenvalue weighted by Crippen LogP contribution is -2.66. The van der Waals surface area contributed by atoms with Gasteiger partial charge in [-0.3, -0.25) is 13.6 Å². The predicted octanol–water partition coefficient (Wildman–Crippen LogP) is -0.599. The molecule has 0 saturated carbocycles. The maximum Gasteiger partial charge on any atom is 0.386 e. The summed E-state index contributed by atoms with van der Waals surface area (Å²) in [7, 11) is -10.1. The van der Waals surface area contributed by atoms with Crippen LogP contribution in [0.5, 0.6) is 0 Å². The van der Waals surface area contributed by atoms with Crippen LogP contribution in [0.4, 0.5) is 0 Å². The summed E-state index contributed by atoms with van der Waals surface area (Å²) in [5, 5.41) is 19.3. The molecule has 1 rings (SSSR count). The first-order valence-electron chi connectivity index (χ1n) is 6.47. The molecule has 1 saturated heterocycles. The molecule has 1 aliphatic rings. The molecule has 0 aromatic rings. The monoisotopic (exact) mass is 372 g/mol. The van der Waals surface area contributed by atoms with Crippen LogP contribution in [-0.4, -0.2) is 70.5 Å². The number of quaternary nitrogens is 1. The van der Waals surface area contributed by atoms with Crippen molar-refractivity contribution in [2.75, 3.05) is 6.54 Å². The molecule has 0 bridgehead atoms. The number of rotatable bonds is 7. The Morgan fingerprint density at radius 2 is 1.48 bits per heavy atom. The summed E-state index contributed by atoms with van der Waals surface area (Å²) in [6.07, 6.45) is -0.205. The second kappa shape index (κ2) is 6.58. The van der Waals surface area contributed by atoms with E-state index in [4.69, 9.17) is 0 Å². The van der Waals surface area contributed by atoms with Crippen molar-refractivity contribution in [1.82, 2.24) is 0 Å². The smallest absolute Gasteiger partial charge is 0.386 e. The summed E-state index contributed by atoms with van der Waals surface area (Å²) < 4.78 is 22.4. The molecule has 4 atom stereocenters. The average Bonchev–Trinajstić information content (AvgIpc) is 2.65. The molecular weight excluding hydrogens is 352 g/mol. The van der Waals surface area contributed by atoms with Gasteiger partial charge in [-0.2, -0.15) is 0 Å². The van der Waals surface area contributed by atoms with Gasteiger partial charge in [0.05, 0.1) is 6.54 Å². The number of likely N-dealkylation sites (tertiary alicyclic amines) is 1. The van der Waals surface area contributed by atoms with Crippen molar-refractivity contribution in [3.8, 4) is 0 Å². The van der Waals surface area contributed by atoms with Gasteiger partial charge in [0.2, 0.25) is 17.6 Å². The zero-order valence-electron chi connectivity index (χ0n) is 12.0. The van der Waals surface area contributed by atoms with Gasteiger partial charge in [0.1, 0.15) is 6.10 Å². The summed E-state index contributed by atoms with van der Waals surface area (Å²) in [6.45, 7) is 6.16. The third-order valence-electron chi connectivity index (χ3n) is 4.04. The Balaban J connectivity index is 3.77. The lowest BCUT2D eigenvalue weighted by molar-refractivity contribution is -0.944. The predicted molar refractivity (Wildman–Crippen MR) is 79.2 cm³/mol. The van der Waals surface area contributed by atoms with Crippen molar-refractivity contribution in [2.24, 2.45) is 0 Å². The van der Waals surface area contributed by atoms with Crippen molar-refractivity contribution >= 4 is 21.2 Å². The SMILES string of the molecule is C=CC([N+]1(C(C=C)P(=O)(O)O)CCC(O)[C@H]1C(=O)O)P(=O)(O)O. The van der Waals surface area contributed by atoms with Gasteiger partial charge in [0.25, 0.3) is 0 Å². The minimum atomic E-state index is -5.04. The molecule has 3 unspecified atom stereocenters. The molecule has 132 valence electrons. The van der Waals surface area contributed by atoms with Gasteiger partial charge in [0, 0.05) is 6.42 Å². The molecule has 0 aliphatic carbocycles. The maximum absolute atomic E-state index is 11.8. The Labute approximate surface area is 132 Å². The minimum Gasteiger partial charge on any atom is -0.477 e. The number of aliphatic carboxylic acids is 1. The number of hydrogen-bond donors (Lipinski definition) is 6. The molecule has 10 nitrogen and oxygen atoms in total. The van der Waals surface area contributed by atoms with Crippen molar-refractivity contribution in [3.05, 3.63) is 25.3 Å². The number of hydrogen-bond acceptors (Lipinski definition) is 4. The maximum atomic E-state index is 11.8. The molecule has 0 spiro atoms. The molecule has 12 heteroatoms. The zero-order chi connectivity index (χ0) is 18.2. The van der Waals surface area contributed by atoms with Crippen molar-refractivity contribution < 1.29 is 48.2 Å². The van der Waals surface area contributed by atoms with E-state index in [0.717, 1.165) is 12.2 Å². The lowest BCUT2D eigenvalue weighted by atomic mass is 10.1. The molecule has 0 amide bonds. The van der Waals surface area contributed by atoms with Gasteiger partial charge in [-0.05, 0) is 12.2 Å². The average molecular weight is 372 g/mol. The van der Waals surface area contributed by atoms with Crippen LogP contribution in [0, 0.1) is 0 Å². The summed E-state index contributed by atoms with van der Waals surface area (Å²) in [5.74, 6) is -5.47. The fourth-order valence-corrected chi connectivity index (χ4v) is 5.90. The summed E-state index contributed by atoms with van der Waals surface area (Å²) in [4.78, 5) is 49.8. The van der Waals surface area contributed by atoms with Crippen LogP contribution in [0.25, 0.3) is 0 Å². The Morgan fingerprint density at radius 3 is 1.74 bits per heavy atom. The van der Waals surface area contributed by atoms with Crippen molar-refractivity contribution in [1.29, 1.82) is 0 Å². The van der Waals surface area contributed by atoms with Crippen LogP contribution in [-0.2, 0) is 13.9 Å². The number of aliphatic hydroxyl groups is 1. The van der Waals surface area contributed by atoms with E-state index in [0.29, 0.717) is 0 Å². The van der Waals surface area contributed by atoms with Crippen LogP contribution in [0.15, 0.2) is 25.3 Å². The highest BCUT2D eigenvalue weighted by Crippen LogP contribution is 2.58. The topological polar surface area (TPSA) is 173 Å². The van der Waals surface area contributed by atoms with Gasteiger partial charge in [0.15, 0.2) is 0 Å². The third-order valence-corrected chi connectivity index (χ3v) is 6.70. The Hall–Kier alpha value is -0.830. The second-order valence-corrected chi connectivity index (χ2v) is 8.75. The minimum absolute atomic E-state index is 0.203. The summed E-state index contributed by atoms with van der Waals surface area (Å²) in [5.41, 5.74) is 0. The highest BCUT2D eigenvalue weighted by atomic mass is 31.2. The first-order chi connectivity index (χ1) is 10.3.